The summed E-state index contributed by atoms with van der Waals surface area (Å²) in [5, 5.41) is 9.19. The lowest BCUT2D eigenvalue weighted by molar-refractivity contribution is -0.139. The summed E-state index contributed by atoms with van der Waals surface area (Å²) < 4.78 is 37.6. The number of fused-ring (bicyclic) bond motifs is 1. The highest BCUT2D eigenvalue weighted by atomic mass is 19.4. The molecule has 1 nitrogen and oxygen atoms in total. The zero-order valence-corrected chi connectivity index (χ0v) is 7.36. The zero-order chi connectivity index (χ0) is 10.3. The Hall–Kier alpha value is -1.19. The van der Waals surface area contributed by atoms with Crippen molar-refractivity contribution in [1.29, 1.82) is 0 Å². The van der Waals surface area contributed by atoms with Crippen molar-refractivity contribution < 1.29 is 18.3 Å². The van der Waals surface area contributed by atoms with Gasteiger partial charge in [-0.1, -0.05) is 6.07 Å². The summed E-state index contributed by atoms with van der Waals surface area (Å²) in [5.74, 6) is -0.654. The van der Waals surface area contributed by atoms with Gasteiger partial charge in [0.1, 0.15) is 11.3 Å². The lowest BCUT2D eigenvalue weighted by Crippen LogP contribution is -2.09. The van der Waals surface area contributed by atoms with Gasteiger partial charge in [0.15, 0.2) is 0 Å². The monoisotopic (exact) mass is 202 g/mol. The molecule has 2 rings (SSSR count). The Morgan fingerprint density at radius 1 is 1.14 bits per heavy atom. The average molecular weight is 202 g/mol. The minimum atomic E-state index is -4.44. The van der Waals surface area contributed by atoms with Crippen molar-refractivity contribution in [2.24, 2.45) is 0 Å². The maximum Gasteiger partial charge on any atom is 0.420 e. The molecule has 0 fully saturated rings. The minimum absolute atomic E-state index is 0.275. The van der Waals surface area contributed by atoms with Gasteiger partial charge in [-0.15, -0.1) is 0 Å². The first kappa shape index (κ1) is 9.37. The number of phenols is 1. The van der Waals surface area contributed by atoms with E-state index in [9.17, 15) is 18.3 Å². The Morgan fingerprint density at radius 3 is 2.50 bits per heavy atom. The molecule has 1 aromatic carbocycles. The summed E-state index contributed by atoms with van der Waals surface area (Å²) in [7, 11) is 0. The number of benzene rings is 1. The Balaban J connectivity index is 2.63. The van der Waals surface area contributed by atoms with Crippen molar-refractivity contribution in [1.82, 2.24) is 0 Å². The first-order chi connectivity index (χ1) is 6.50. The molecule has 1 aliphatic rings. The number of alkyl halides is 3. The second-order valence-electron chi connectivity index (χ2n) is 3.45. The van der Waals surface area contributed by atoms with E-state index in [2.05, 4.69) is 0 Å². The molecule has 14 heavy (non-hydrogen) atoms. The highest BCUT2D eigenvalue weighted by molar-refractivity contribution is 5.48. The molecule has 0 heterocycles. The van der Waals surface area contributed by atoms with E-state index >= 15 is 0 Å². The summed E-state index contributed by atoms with van der Waals surface area (Å²) in [4.78, 5) is 0. The zero-order valence-electron chi connectivity index (χ0n) is 7.36. The lowest BCUT2D eigenvalue weighted by atomic mass is 10.0. The van der Waals surface area contributed by atoms with Gasteiger partial charge in [-0.05, 0) is 36.5 Å². The van der Waals surface area contributed by atoms with Crippen LogP contribution >= 0.6 is 0 Å². The predicted molar refractivity (Wildman–Crippen MR) is 45.1 cm³/mol. The highest BCUT2D eigenvalue weighted by Crippen LogP contribution is 2.42. The van der Waals surface area contributed by atoms with Crippen LogP contribution in [0.1, 0.15) is 23.1 Å². The maximum atomic E-state index is 12.5. The van der Waals surface area contributed by atoms with E-state index in [1.54, 1.807) is 6.07 Å². The topological polar surface area (TPSA) is 20.2 Å². The molecule has 0 amide bonds. The van der Waals surface area contributed by atoms with E-state index in [0.29, 0.717) is 12.8 Å². The maximum absolute atomic E-state index is 12.5. The number of aryl methyl sites for hydroxylation is 1. The van der Waals surface area contributed by atoms with Crippen LogP contribution in [0.25, 0.3) is 0 Å². The Kier molecular flexibility index (Phi) is 1.94. The molecule has 0 atom stereocenters. The van der Waals surface area contributed by atoms with Gasteiger partial charge in [0, 0.05) is 0 Å². The van der Waals surface area contributed by atoms with Crippen LogP contribution < -0.4 is 0 Å². The largest absolute Gasteiger partial charge is 0.507 e. The number of phenolic OH excluding ortho intramolecular Hbond substituents is 1. The van der Waals surface area contributed by atoms with Gasteiger partial charge in [0.25, 0.3) is 0 Å². The first-order valence-corrected chi connectivity index (χ1v) is 4.41. The van der Waals surface area contributed by atoms with Crippen molar-refractivity contribution >= 4 is 0 Å². The van der Waals surface area contributed by atoms with E-state index in [0.717, 1.165) is 18.1 Å². The molecule has 0 saturated heterocycles. The van der Waals surface area contributed by atoms with Crippen LogP contribution in [0.3, 0.4) is 0 Å². The molecule has 76 valence electrons. The van der Waals surface area contributed by atoms with Crippen LogP contribution in [0, 0.1) is 0 Å². The second kappa shape index (κ2) is 2.90. The van der Waals surface area contributed by atoms with Gasteiger partial charge in [0.2, 0.25) is 0 Å². The average Bonchev–Trinajstić information content (AvgIpc) is 2.48. The molecule has 0 bridgehead atoms. The van der Waals surface area contributed by atoms with Gasteiger partial charge in [-0.25, -0.2) is 0 Å². The van der Waals surface area contributed by atoms with Crippen molar-refractivity contribution in [3.05, 3.63) is 28.8 Å². The molecule has 1 N–H and O–H groups in total. The van der Waals surface area contributed by atoms with E-state index in [1.165, 1.54) is 0 Å². The smallest absolute Gasteiger partial charge is 0.420 e. The molecule has 0 radical (unpaired) electrons. The molecular formula is C10H9F3O. The number of hydrogen-bond donors (Lipinski definition) is 1. The third-order valence-corrected chi connectivity index (χ3v) is 2.54. The molecule has 1 aliphatic carbocycles. The van der Waals surface area contributed by atoms with Crippen LogP contribution in [0.15, 0.2) is 12.1 Å². The molecule has 0 spiro atoms. The minimum Gasteiger partial charge on any atom is -0.507 e. The summed E-state index contributed by atoms with van der Waals surface area (Å²) in [6, 6.07) is 2.71. The van der Waals surface area contributed by atoms with Crippen LogP contribution in [-0.2, 0) is 19.0 Å². The van der Waals surface area contributed by atoms with E-state index in [-0.39, 0.29) is 5.56 Å². The standard InChI is InChI=1S/C10H9F3O/c11-10(12,13)9-7-3-1-2-6(7)4-5-8(9)14/h4-5,14H,1-3H2. The van der Waals surface area contributed by atoms with Crippen molar-refractivity contribution in [3.8, 4) is 5.75 Å². The fourth-order valence-electron chi connectivity index (χ4n) is 1.97. The third-order valence-electron chi connectivity index (χ3n) is 2.54. The molecule has 1 aromatic rings. The number of aromatic hydroxyl groups is 1. The molecular weight excluding hydrogens is 193 g/mol. The summed E-state index contributed by atoms with van der Waals surface area (Å²) in [6.07, 6.45) is -2.61. The normalized spacial score (nSPS) is 15.6. The van der Waals surface area contributed by atoms with Gasteiger partial charge in [0.05, 0.1) is 0 Å². The lowest BCUT2D eigenvalue weighted by Gasteiger charge is -2.13. The van der Waals surface area contributed by atoms with Gasteiger partial charge in [-0.2, -0.15) is 13.2 Å². The molecule has 0 aromatic heterocycles. The van der Waals surface area contributed by atoms with Crippen LogP contribution in [0.2, 0.25) is 0 Å². The summed E-state index contributed by atoms with van der Waals surface area (Å²) in [5.41, 5.74) is 0.153. The first-order valence-electron chi connectivity index (χ1n) is 4.41. The van der Waals surface area contributed by atoms with Crippen molar-refractivity contribution in [3.63, 3.8) is 0 Å². The number of halogens is 3. The van der Waals surface area contributed by atoms with Crippen LogP contribution in [-0.4, -0.2) is 5.11 Å². The molecule has 4 heteroatoms. The van der Waals surface area contributed by atoms with E-state index < -0.39 is 17.5 Å². The Morgan fingerprint density at radius 2 is 1.86 bits per heavy atom. The van der Waals surface area contributed by atoms with E-state index in [1.807, 2.05) is 0 Å². The number of rotatable bonds is 0. The SMILES string of the molecule is Oc1ccc2c(c1C(F)(F)F)CCC2. The van der Waals surface area contributed by atoms with Gasteiger partial charge in [-0.3, -0.25) is 0 Å². The molecule has 0 unspecified atom stereocenters. The fourth-order valence-corrected chi connectivity index (χ4v) is 1.97. The second-order valence-corrected chi connectivity index (χ2v) is 3.45. The van der Waals surface area contributed by atoms with Crippen molar-refractivity contribution in [2.45, 2.75) is 25.4 Å². The van der Waals surface area contributed by atoms with E-state index in [4.69, 9.17) is 0 Å². The molecule has 0 aliphatic heterocycles. The summed E-state index contributed by atoms with van der Waals surface area (Å²) >= 11 is 0. The number of hydrogen-bond acceptors (Lipinski definition) is 1. The van der Waals surface area contributed by atoms with Crippen LogP contribution in [0.4, 0.5) is 13.2 Å². The predicted octanol–water partition coefficient (Wildman–Crippen LogP) is 2.90. The molecule has 0 saturated carbocycles. The third kappa shape index (κ3) is 1.35. The van der Waals surface area contributed by atoms with Gasteiger partial charge >= 0.3 is 6.18 Å². The van der Waals surface area contributed by atoms with Crippen molar-refractivity contribution in [2.75, 3.05) is 0 Å². The quantitative estimate of drug-likeness (QED) is 0.685. The Labute approximate surface area is 79.2 Å². The van der Waals surface area contributed by atoms with Gasteiger partial charge < -0.3 is 5.11 Å². The highest BCUT2D eigenvalue weighted by Gasteiger charge is 2.38. The summed E-state index contributed by atoms with van der Waals surface area (Å²) in [6.45, 7) is 0. The van der Waals surface area contributed by atoms with Crippen LogP contribution in [0.5, 0.6) is 5.75 Å². The Bertz CT molecular complexity index is 368. The fraction of sp³-hybridized carbons (Fsp3) is 0.400.